The predicted octanol–water partition coefficient (Wildman–Crippen LogP) is 3.36. The molecule has 3 N–H and O–H groups in total. The maximum absolute atomic E-state index is 12.9. The summed E-state index contributed by atoms with van der Waals surface area (Å²) in [5.74, 6) is -0.236. The Balaban J connectivity index is 1.17. The Bertz CT molecular complexity index is 1060. The summed E-state index contributed by atoms with van der Waals surface area (Å²) in [7, 11) is 1.56. The van der Waals surface area contributed by atoms with E-state index < -0.39 is 17.3 Å². The van der Waals surface area contributed by atoms with Gasteiger partial charge in [-0.25, -0.2) is 4.98 Å². The number of nitrogens with zero attached hydrogens (tertiary/aromatic N) is 2. The number of benzene rings is 1. The lowest BCUT2D eigenvalue weighted by Gasteiger charge is -2.48. The molecule has 1 aromatic carbocycles. The SMILES string of the molecule is C=C(NCC(=O)NC1CN(C2CCC(O)(c3cnc(OC)s3)CC2)C1)c1cccc(C(F)(F)F)c1. The number of carbonyl (C=O) groups is 1. The van der Waals surface area contributed by atoms with Gasteiger partial charge in [0.2, 0.25) is 5.91 Å². The van der Waals surface area contributed by atoms with E-state index >= 15 is 0 Å². The number of rotatable bonds is 8. The van der Waals surface area contributed by atoms with Gasteiger partial charge in [-0.1, -0.05) is 30.0 Å². The highest BCUT2D eigenvalue weighted by molar-refractivity contribution is 7.13. The monoisotopic (exact) mass is 510 g/mol. The maximum Gasteiger partial charge on any atom is 0.416 e. The molecular weight excluding hydrogens is 481 g/mol. The zero-order valence-electron chi connectivity index (χ0n) is 19.4. The standard InChI is InChI=1S/C24H29F3N4O3S/c1-15(16-4-3-5-17(10-16)24(25,26)27)28-12-21(32)30-18-13-31(14-18)19-6-8-23(33,9-7-19)20-11-29-22(34-2)35-20/h3-5,10-11,18-19,28,33H,1,6-9,12-14H2,2H3,(H,30,32). The molecule has 190 valence electrons. The summed E-state index contributed by atoms with van der Waals surface area (Å²) in [6.45, 7) is 5.15. The normalized spacial score (nSPS) is 23.4. The Kier molecular flexibility index (Phi) is 7.39. The molecule has 11 heteroatoms. The number of thiazole rings is 1. The number of aromatic nitrogens is 1. The van der Waals surface area contributed by atoms with Crippen LogP contribution in [0.3, 0.4) is 0 Å². The van der Waals surface area contributed by atoms with Crippen molar-refractivity contribution < 1.29 is 27.8 Å². The minimum atomic E-state index is -4.44. The first-order valence-electron chi connectivity index (χ1n) is 11.4. The van der Waals surface area contributed by atoms with Gasteiger partial charge in [0.25, 0.3) is 5.19 Å². The lowest BCUT2D eigenvalue weighted by Crippen LogP contribution is -2.63. The molecule has 0 atom stereocenters. The third kappa shape index (κ3) is 5.96. The topological polar surface area (TPSA) is 86.7 Å². The summed E-state index contributed by atoms with van der Waals surface area (Å²) >= 11 is 1.38. The van der Waals surface area contributed by atoms with Crippen LogP contribution in [0.15, 0.2) is 37.0 Å². The first-order valence-corrected chi connectivity index (χ1v) is 12.3. The van der Waals surface area contributed by atoms with E-state index in [1.165, 1.54) is 23.5 Å². The molecule has 0 radical (unpaired) electrons. The molecule has 7 nitrogen and oxygen atoms in total. The molecule has 35 heavy (non-hydrogen) atoms. The number of likely N-dealkylation sites (tertiary alicyclic amines) is 1. The lowest BCUT2D eigenvalue weighted by atomic mass is 9.80. The van der Waals surface area contributed by atoms with Gasteiger partial charge in [-0.3, -0.25) is 9.69 Å². The van der Waals surface area contributed by atoms with Crippen molar-refractivity contribution in [2.45, 2.75) is 49.5 Å². The molecule has 1 aliphatic heterocycles. The quantitative estimate of drug-likeness (QED) is 0.505. The van der Waals surface area contributed by atoms with Crippen LogP contribution in [0.1, 0.15) is 41.7 Å². The zero-order chi connectivity index (χ0) is 25.2. The van der Waals surface area contributed by atoms with Gasteiger partial charge >= 0.3 is 6.18 Å². The molecule has 1 saturated heterocycles. The Labute approximate surface area is 206 Å². The summed E-state index contributed by atoms with van der Waals surface area (Å²) < 4.78 is 43.8. The van der Waals surface area contributed by atoms with E-state index in [-0.39, 0.29) is 29.8 Å². The number of hydrogen-bond donors (Lipinski definition) is 3. The van der Waals surface area contributed by atoms with E-state index in [0.717, 1.165) is 42.9 Å². The molecular formula is C24H29F3N4O3S. The molecule has 2 aromatic rings. The summed E-state index contributed by atoms with van der Waals surface area (Å²) in [4.78, 5) is 19.6. The molecule has 4 rings (SSSR count). The third-order valence-corrected chi connectivity index (χ3v) is 7.84. The average Bonchev–Trinajstić information content (AvgIpc) is 3.30. The molecule has 1 saturated carbocycles. The average molecular weight is 511 g/mol. The van der Waals surface area contributed by atoms with Gasteiger partial charge in [-0.05, 0) is 43.4 Å². The van der Waals surface area contributed by atoms with Gasteiger partial charge in [-0.15, -0.1) is 0 Å². The van der Waals surface area contributed by atoms with Gasteiger partial charge in [0, 0.05) is 31.0 Å². The Morgan fingerprint density at radius 2 is 2.06 bits per heavy atom. The first kappa shape index (κ1) is 25.5. The largest absolute Gasteiger partial charge is 0.473 e. The van der Waals surface area contributed by atoms with Crippen LogP contribution in [0.4, 0.5) is 13.2 Å². The zero-order valence-corrected chi connectivity index (χ0v) is 20.2. The summed E-state index contributed by atoms with van der Waals surface area (Å²) in [6.07, 6.45) is 0.270. The van der Waals surface area contributed by atoms with Crippen molar-refractivity contribution in [1.29, 1.82) is 0 Å². The molecule has 1 amide bonds. The first-order chi connectivity index (χ1) is 16.6. The Morgan fingerprint density at radius 3 is 2.69 bits per heavy atom. The smallest absolute Gasteiger partial charge is 0.416 e. The number of nitrogens with one attached hydrogen (secondary N) is 2. The van der Waals surface area contributed by atoms with E-state index in [2.05, 4.69) is 27.1 Å². The molecule has 1 aromatic heterocycles. The van der Waals surface area contributed by atoms with Crippen LogP contribution in [-0.2, 0) is 16.6 Å². The molecule has 2 aliphatic rings. The number of hydrogen-bond acceptors (Lipinski definition) is 7. The van der Waals surface area contributed by atoms with E-state index in [4.69, 9.17) is 4.74 Å². The van der Waals surface area contributed by atoms with E-state index in [9.17, 15) is 23.1 Å². The highest BCUT2D eigenvalue weighted by Crippen LogP contribution is 2.42. The number of halogens is 3. The minimum absolute atomic E-state index is 0.0256. The van der Waals surface area contributed by atoms with Crippen molar-refractivity contribution in [3.05, 3.63) is 53.0 Å². The van der Waals surface area contributed by atoms with Crippen molar-refractivity contribution in [2.24, 2.45) is 0 Å². The number of ether oxygens (including phenoxy) is 1. The summed E-state index contributed by atoms with van der Waals surface area (Å²) in [6, 6.07) is 5.22. The van der Waals surface area contributed by atoms with Crippen LogP contribution in [0.2, 0.25) is 0 Å². The summed E-state index contributed by atoms with van der Waals surface area (Å²) in [5, 5.41) is 17.3. The number of carbonyl (C=O) groups excluding carboxylic acids is 1. The van der Waals surface area contributed by atoms with Crippen molar-refractivity contribution in [3.8, 4) is 5.19 Å². The van der Waals surface area contributed by atoms with Crippen molar-refractivity contribution in [2.75, 3.05) is 26.7 Å². The van der Waals surface area contributed by atoms with E-state index in [1.54, 1.807) is 13.3 Å². The molecule has 0 spiro atoms. The molecule has 0 bridgehead atoms. The number of methoxy groups -OCH3 is 1. The van der Waals surface area contributed by atoms with Gasteiger partial charge in [-0.2, -0.15) is 13.2 Å². The van der Waals surface area contributed by atoms with Crippen molar-refractivity contribution >= 4 is 22.9 Å². The third-order valence-electron chi connectivity index (χ3n) is 6.69. The van der Waals surface area contributed by atoms with Gasteiger partial charge in [0.1, 0.15) is 5.60 Å². The van der Waals surface area contributed by atoms with E-state index in [0.29, 0.717) is 24.1 Å². The van der Waals surface area contributed by atoms with Crippen LogP contribution in [0.25, 0.3) is 5.70 Å². The molecule has 2 fully saturated rings. The fourth-order valence-corrected chi connectivity index (χ4v) is 5.49. The molecule has 2 heterocycles. The van der Waals surface area contributed by atoms with Gasteiger partial charge in [0.15, 0.2) is 0 Å². The number of alkyl halides is 3. The van der Waals surface area contributed by atoms with Crippen LogP contribution in [0.5, 0.6) is 5.19 Å². The van der Waals surface area contributed by atoms with Crippen molar-refractivity contribution in [3.63, 3.8) is 0 Å². The van der Waals surface area contributed by atoms with Crippen LogP contribution >= 0.6 is 11.3 Å². The lowest BCUT2D eigenvalue weighted by molar-refractivity contribution is -0.137. The second-order valence-corrected chi connectivity index (χ2v) is 10.1. The van der Waals surface area contributed by atoms with Crippen LogP contribution in [-0.4, -0.2) is 59.7 Å². The second kappa shape index (κ2) is 10.2. The highest BCUT2D eigenvalue weighted by atomic mass is 32.1. The van der Waals surface area contributed by atoms with E-state index in [1.807, 2.05) is 0 Å². The number of aliphatic hydroxyl groups is 1. The second-order valence-electron chi connectivity index (χ2n) is 9.09. The predicted molar refractivity (Wildman–Crippen MR) is 127 cm³/mol. The highest BCUT2D eigenvalue weighted by Gasteiger charge is 2.41. The van der Waals surface area contributed by atoms with Crippen LogP contribution < -0.4 is 15.4 Å². The van der Waals surface area contributed by atoms with Gasteiger partial charge < -0.3 is 20.5 Å². The Hall–Kier alpha value is -2.63. The van der Waals surface area contributed by atoms with Crippen molar-refractivity contribution in [1.82, 2.24) is 20.5 Å². The molecule has 1 aliphatic carbocycles. The minimum Gasteiger partial charge on any atom is -0.473 e. The molecule has 0 unspecified atom stereocenters. The maximum atomic E-state index is 12.9. The fraction of sp³-hybridized carbons (Fsp3) is 0.500. The number of amides is 1. The summed E-state index contributed by atoms with van der Waals surface area (Å²) in [5.41, 5.74) is -1.08. The van der Waals surface area contributed by atoms with Gasteiger partial charge in [0.05, 0.1) is 30.1 Å². The van der Waals surface area contributed by atoms with Crippen LogP contribution in [0, 0.1) is 0 Å². The fourth-order valence-electron chi connectivity index (χ4n) is 4.61. The Morgan fingerprint density at radius 1 is 1.34 bits per heavy atom.